The molecule has 7 nitrogen and oxygen atoms in total. The molecule has 1 fully saturated rings. The van der Waals surface area contributed by atoms with Crippen molar-refractivity contribution in [2.24, 2.45) is 0 Å². The minimum absolute atomic E-state index is 0.0959. The van der Waals surface area contributed by atoms with Crippen molar-refractivity contribution in [2.75, 3.05) is 44.7 Å². The van der Waals surface area contributed by atoms with Gasteiger partial charge in [-0.05, 0) is 29.3 Å². The summed E-state index contributed by atoms with van der Waals surface area (Å²) >= 11 is 0. The highest BCUT2D eigenvalue weighted by Crippen LogP contribution is 2.20. The third-order valence-corrected chi connectivity index (χ3v) is 7.23. The molecule has 0 radical (unpaired) electrons. The maximum atomic E-state index is 13.6. The van der Waals surface area contributed by atoms with Gasteiger partial charge in [0.1, 0.15) is 6.04 Å². The molecule has 1 atom stereocenters. The van der Waals surface area contributed by atoms with Crippen molar-refractivity contribution < 1.29 is 9.59 Å². The summed E-state index contributed by atoms with van der Waals surface area (Å²) in [6.45, 7) is 4.11. The SMILES string of the molecule is CN(Cc1ccccc1)C(=O)C(Cc1c[nH]c2ccccc12)NC(=O)CN1CCN(c2ccccc2)CC1. The molecule has 2 amide bonds. The van der Waals surface area contributed by atoms with E-state index in [-0.39, 0.29) is 18.4 Å². The van der Waals surface area contributed by atoms with E-state index in [1.807, 2.05) is 66.9 Å². The van der Waals surface area contributed by atoms with Gasteiger partial charge in [0.05, 0.1) is 6.54 Å². The Bertz CT molecular complexity index is 1350. The fourth-order valence-electron chi connectivity index (χ4n) is 5.17. The molecule has 0 bridgehead atoms. The lowest BCUT2D eigenvalue weighted by atomic mass is 10.0. The monoisotopic (exact) mass is 509 g/mol. The van der Waals surface area contributed by atoms with Crippen LogP contribution >= 0.6 is 0 Å². The van der Waals surface area contributed by atoms with Crippen LogP contribution in [0.2, 0.25) is 0 Å². The van der Waals surface area contributed by atoms with E-state index in [0.717, 1.165) is 48.2 Å². The second kappa shape index (κ2) is 12.0. The van der Waals surface area contributed by atoms with Gasteiger partial charge in [0.15, 0.2) is 0 Å². The number of rotatable bonds is 9. The highest BCUT2D eigenvalue weighted by molar-refractivity contribution is 5.90. The summed E-state index contributed by atoms with van der Waals surface area (Å²) < 4.78 is 0. The number of carbonyl (C=O) groups is 2. The minimum atomic E-state index is -0.652. The fourth-order valence-corrected chi connectivity index (χ4v) is 5.17. The number of fused-ring (bicyclic) bond motifs is 1. The molecule has 1 aliphatic rings. The molecule has 3 aromatic carbocycles. The van der Waals surface area contributed by atoms with Gasteiger partial charge in [-0.15, -0.1) is 0 Å². The van der Waals surface area contributed by atoms with Gasteiger partial charge in [-0.1, -0.05) is 66.7 Å². The molecule has 2 heterocycles. The van der Waals surface area contributed by atoms with Crippen molar-refractivity contribution in [1.29, 1.82) is 0 Å². The molecule has 4 aromatic rings. The van der Waals surface area contributed by atoms with Crippen molar-refractivity contribution in [3.63, 3.8) is 0 Å². The van der Waals surface area contributed by atoms with Gasteiger partial charge in [0.2, 0.25) is 11.8 Å². The molecule has 7 heteroatoms. The summed E-state index contributed by atoms with van der Waals surface area (Å²) in [6.07, 6.45) is 2.37. The van der Waals surface area contributed by atoms with E-state index in [0.29, 0.717) is 13.0 Å². The number of likely N-dealkylation sites (N-methyl/N-ethyl adjacent to an activating group) is 1. The molecule has 1 saturated heterocycles. The number of carbonyl (C=O) groups excluding carboxylic acids is 2. The Morgan fingerprint density at radius 1 is 0.895 bits per heavy atom. The van der Waals surface area contributed by atoms with Crippen LogP contribution in [0.4, 0.5) is 5.69 Å². The molecule has 1 aliphatic heterocycles. The molecule has 0 aliphatic carbocycles. The number of para-hydroxylation sites is 2. The summed E-state index contributed by atoms with van der Waals surface area (Å²) in [5, 5.41) is 4.15. The number of hydrogen-bond acceptors (Lipinski definition) is 4. The molecule has 1 aromatic heterocycles. The Balaban J connectivity index is 1.24. The standard InChI is InChI=1S/C31H35N5O2/c1-34(22-24-10-4-2-5-11-24)31(38)29(20-25-21-32-28-15-9-8-14-27(25)28)33-30(37)23-35-16-18-36(19-17-35)26-12-6-3-7-13-26/h2-15,21,29,32H,16-20,22-23H2,1H3,(H,33,37). The lowest BCUT2D eigenvalue weighted by Gasteiger charge is -2.36. The summed E-state index contributed by atoms with van der Waals surface area (Å²) in [5.74, 6) is -0.217. The Morgan fingerprint density at radius 2 is 1.55 bits per heavy atom. The number of piperazine rings is 1. The Kier molecular flexibility index (Phi) is 8.04. The van der Waals surface area contributed by atoms with Gasteiger partial charge in [0.25, 0.3) is 0 Å². The lowest BCUT2D eigenvalue weighted by Crippen LogP contribution is -2.53. The topological polar surface area (TPSA) is 71.7 Å². The Morgan fingerprint density at radius 3 is 2.29 bits per heavy atom. The first kappa shape index (κ1) is 25.5. The average molecular weight is 510 g/mol. The first-order valence-corrected chi connectivity index (χ1v) is 13.2. The van der Waals surface area contributed by atoms with Crippen molar-refractivity contribution in [3.05, 3.63) is 102 Å². The predicted octanol–water partition coefficient (Wildman–Crippen LogP) is 3.68. The van der Waals surface area contributed by atoms with Gasteiger partial charge >= 0.3 is 0 Å². The molecule has 0 spiro atoms. The first-order valence-electron chi connectivity index (χ1n) is 13.2. The zero-order valence-corrected chi connectivity index (χ0v) is 21.8. The van der Waals surface area contributed by atoms with Crippen LogP contribution in [-0.4, -0.2) is 72.4 Å². The number of aromatic nitrogens is 1. The summed E-state index contributed by atoms with van der Waals surface area (Å²) in [7, 11) is 1.80. The van der Waals surface area contributed by atoms with Crippen LogP contribution in [0.15, 0.2) is 91.1 Å². The predicted molar refractivity (Wildman–Crippen MR) is 152 cm³/mol. The second-order valence-corrected chi connectivity index (χ2v) is 9.96. The minimum Gasteiger partial charge on any atom is -0.369 e. The molecule has 5 rings (SSSR count). The van der Waals surface area contributed by atoms with E-state index >= 15 is 0 Å². The van der Waals surface area contributed by atoms with Crippen molar-refractivity contribution >= 4 is 28.4 Å². The zero-order valence-electron chi connectivity index (χ0n) is 21.8. The first-order chi connectivity index (χ1) is 18.6. The van der Waals surface area contributed by atoms with E-state index in [9.17, 15) is 9.59 Å². The highest BCUT2D eigenvalue weighted by Gasteiger charge is 2.27. The van der Waals surface area contributed by atoms with Crippen LogP contribution in [0.1, 0.15) is 11.1 Å². The van der Waals surface area contributed by atoms with Crippen molar-refractivity contribution in [1.82, 2.24) is 20.1 Å². The third kappa shape index (κ3) is 6.23. The highest BCUT2D eigenvalue weighted by atomic mass is 16.2. The molecule has 0 saturated carbocycles. The van der Waals surface area contributed by atoms with E-state index in [2.05, 4.69) is 44.4 Å². The normalized spacial score (nSPS) is 14.8. The van der Waals surface area contributed by atoms with Crippen LogP contribution in [0, 0.1) is 0 Å². The molecular weight excluding hydrogens is 474 g/mol. The fraction of sp³-hybridized carbons (Fsp3) is 0.290. The van der Waals surface area contributed by atoms with Crippen LogP contribution in [0.3, 0.4) is 0 Å². The molecule has 2 N–H and O–H groups in total. The summed E-state index contributed by atoms with van der Waals surface area (Å²) in [4.78, 5) is 36.3. The smallest absolute Gasteiger partial charge is 0.245 e. The van der Waals surface area contributed by atoms with Crippen LogP contribution < -0.4 is 10.2 Å². The zero-order chi connectivity index (χ0) is 26.3. The van der Waals surface area contributed by atoms with Gasteiger partial charge < -0.3 is 20.1 Å². The molecule has 1 unspecified atom stereocenters. The largest absolute Gasteiger partial charge is 0.369 e. The number of hydrogen-bond donors (Lipinski definition) is 2. The van der Waals surface area contributed by atoms with E-state index in [1.165, 1.54) is 5.69 Å². The van der Waals surface area contributed by atoms with Gasteiger partial charge in [-0.2, -0.15) is 0 Å². The Labute approximate surface area is 224 Å². The lowest BCUT2D eigenvalue weighted by molar-refractivity contribution is -0.136. The van der Waals surface area contributed by atoms with Gasteiger partial charge in [-0.25, -0.2) is 0 Å². The maximum absolute atomic E-state index is 13.6. The number of nitrogens with one attached hydrogen (secondary N) is 2. The quantitative estimate of drug-likeness (QED) is 0.361. The Hall–Kier alpha value is -4.10. The van der Waals surface area contributed by atoms with Crippen molar-refractivity contribution in [3.8, 4) is 0 Å². The molecule has 38 heavy (non-hydrogen) atoms. The second-order valence-electron chi connectivity index (χ2n) is 9.96. The van der Waals surface area contributed by atoms with Gasteiger partial charge in [0, 0.05) is 69.0 Å². The van der Waals surface area contributed by atoms with E-state index < -0.39 is 6.04 Å². The maximum Gasteiger partial charge on any atom is 0.245 e. The van der Waals surface area contributed by atoms with Crippen molar-refractivity contribution in [2.45, 2.75) is 19.0 Å². The summed E-state index contributed by atoms with van der Waals surface area (Å²) in [6, 6.07) is 27.7. The number of H-pyrrole nitrogens is 1. The molecular formula is C31H35N5O2. The number of amides is 2. The number of nitrogens with zero attached hydrogens (tertiary/aromatic N) is 3. The molecule has 196 valence electrons. The average Bonchev–Trinajstić information content (AvgIpc) is 3.36. The summed E-state index contributed by atoms with van der Waals surface area (Å²) in [5.41, 5.74) is 4.30. The number of benzene rings is 3. The van der Waals surface area contributed by atoms with Crippen LogP contribution in [-0.2, 0) is 22.6 Å². The van der Waals surface area contributed by atoms with E-state index in [4.69, 9.17) is 0 Å². The van der Waals surface area contributed by atoms with E-state index in [1.54, 1.807) is 11.9 Å². The van der Waals surface area contributed by atoms with Crippen LogP contribution in [0.5, 0.6) is 0 Å². The third-order valence-electron chi connectivity index (χ3n) is 7.23. The van der Waals surface area contributed by atoms with Gasteiger partial charge in [-0.3, -0.25) is 14.5 Å². The number of aromatic amines is 1. The number of anilines is 1. The van der Waals surface area contributed by atoms with Crippen LogP contribution in [0.25, 0.3) is 10.9 Å².